The van der Waals surface area contributed by atoms with Crippen LogP contribution in [0, 0.1) is 11.7 Å². The molecule has 1 aliphatic rings. The SMILES string of the molecule is O=C(O)CCCOc1ccc(-c2cccc(OCC3CCC3)n2)cc1F. The van der Waals surface area contributed by atoms with Crippen LogP contribution in [0.1, 0.15) is 32.1 Å². The Kier molecular flexibility index (Phi) is 6.04. The van der Waals surface area contributed by atoms with Crippen LogP contribution in [-0.2, 0) is 4.79 Å². The zero-order valence-electron chi connectivity index (χ0n) is 14.5. The summed E-state index contributed by atoms with van der Waals surface area (Å²) in [4.78, 5) is 14.9. The summed E-state index contributed by atoms with van der Waals surface area (Å²) in [6.45, 7) is 0.833. The Bertz CT molecular complexity index is 761. The van der Waals surface area contributed by atoms with Gasteiger partial charge >= 0.3 is 5.97 Å². The monoisotopic (exact) mass is 359 g/mol. The lowest BCUT2D eigenvalue weighted by Crippen LogP contribution is -2.19. The Balaban J connectivity index is 1.61. The zero-order chi connectivity index (χ0) is 18.4. The van der Waals surface area contributed by atoms with Crippen molar-refractivity contribution in [2.24, 2.45) is 5.92 Å². The summed E-state index contributed by atoms with van der Waals surface area (Å²) < 4.78 is 25.3. The second-order valence-electron chi connectivity index (χ2n) is 6.46. The van der Waals surface area contributed by atoms with Crippen molar-refractivity contribution in [3.05, 3.63) is 42.2 Å². The van der Waals surface area contributed by atoms with E-state index in [4.69, 9.17) is 14.6 Å². The summed E-state index contributed by atoms with van der Waals surface area (Å²) in [5, 5.41) is 8.59. The molecule has 0 unspecified atom stereocenters. The molecule has 0 radical (unpaired) electrons. The zero-order valence-corrected chi connectivity index (χ0v) is 14.5. The maximum absolute atomic E-state index is 14.2. The van der Waals surface area contributed by atoms with Crippen LogP contribution in [0.15, 0.2) is 36.4 Å². The molecule has 1 heterocycles. The Morgan fingerprint density at radius 3 is 2.77 bits per heavy atom. The molecule has 1 aromatic heterocycles. The molecular weight excluding hydrogens is 337 g/mol. The van der Waals surface area contributed by atoms with Crippen LogP contribution in [0.2, 0.25) is 0 Å². The highest BCUT2D eigenvalue weighted by Crippen LogP contribution is 2.28. The van der Waals surface area contributed by atoms with Crippen molar-refractivity contribution in [1.82, 2.24) is 4.98 Å². The minimum Gasteiger partial charge on any atom is -0.491 e. The predicted octanol–water partition coefficient (Wildman–Crippen LogP) is 4.31. The number of rotatable bonds is 9. The van der Waals surface area contributed by atoms with E-state index >= 15 is 0 Å². The number of aliphatic carboxylic acids is 1. The summed E-state index contributed by atoms with van der Waals surface area (Å²) in [6.07, 6.45) is 4.01. The van der Waals surface area contributed by atoms with Crippen molar-refractivity contribution in [2.75, 3.05) is 13.2 Å². The molecule has 0 bridgehead atoms. The summed E-state index contributed by atoms with van der Waals surface area (Å²) in [5.74, 6) is -0.119. The first kappa shape index (κ1) is 18.2. The highest BCUT2D eigenvalue weighted by atomic mass is 19.1. The van der Waals surface area contributed by atoms with Gasteiger partial charge in [-0.05, 0) is 49.4 Å². The van der Waals surface area contributed by atoms with Gasteiger partial charge in [0.25, 0.3) is 0 Å². The standard InChI is InChI=1S/C20H22FNO4/c21-16-12-15(9-10-18(16)25-11-3-8-20(23)24)17-6-2-7-19(22-17)26-13-14-4-1-5-14/h2,6-7,9-10,12,14H,1,3-5,8,11,13H2,(H,23,24). The van der Waals surface area contributed by atoms with Crippen LogP contribution in [0.5, 0.6) is 11.6 Å². The van der Waals surface area contributed by atoms with Gasteiger partial charge in [0.2, 0.25) is 5.88 Å². The first-order chi connectivity index (χ1) is 12.6. The van der Waals surface area contributed by atoms with Crippen molar-refractivity contribution in [1.29, 1.82) is 0 Å². The van der Waals surface area contributed by atoms with Gasteiger partial charge in [0.1, 0.15) is 0 Å². The number of halogens is 1. The maximum Gasteiger partial charge on any atom is 0.303 e. The van der Waals surface area contributed by atoms with Crippen LogP contribution < -0.4 is 9.47 Å². The van der Waals surface area contributed by atoms with E-state index in [2.05, 4.69) is 4.98 Å². The van der Waals surface area contributed by atoms with Gasteiger partial charge in [0, 0.05) is 18.1 Å². The van der Waals surface area contributed by atoms with Crippen molar-refractivity contribution in [3.8, 4) is 22.9 Å². The lowest BCUT2D eigenvalue weighted by atomic mass is 9.86. The fraction of sp³-hybridized carbons (Fsp3) is 0.400. The number of carboxylic acids is 1. The second-order valence-corrected chi connectivity index (χ2v) is 6.46. The molecule has 1 aliphatic carbocycles. The summed E-state index contributed by atoms with van der Waals surface area (Å²) in [6, 6.07) is 10.1. The van der Waals surface area contributed by atoms with Crippen LogP contribution in [0.25, 0.3) is 11.3 Å². The lowest BCUT2D eigenvalue weighted by molar-refractivity contribution is -0.137. The number of hydrogen-bond donors (Lipinski definition) is 1. The number of carboxylic acid groups (broad SMARTS) is 1. The minimum atomic E-state index is -0.894. The topological polar surface area (TPSA) is 68.7 Å². The van der Waals surface area contributed by atoms with E-state index in [-0.39, 0.29) is 18.8 Å². The van der Waals surface area contributed by atoms with Gasteiger partial charge in [0.15, 0.2) is 11.6 Å². The second kappa shape index (κ2) is 8.65. The third-order valence-electron chi connectivity index (χ3n) is 4.44. The van der Waals surface area contributed by atoms with E-state index in [1.807, 2.05) is 6.07 Å². The molecular formula is C20H22FNO4. The molecule has 3 rings (SSSR count). The number of benzene rings is 1. The molecule has 6 heteroatoms. The van der Waals surface area contributed by atoms with Gasteiger partial charge in [-0.3, -0.25) is 4.79 Å². The number of nitrogens with zero attached hydrogens (tertiary/aromatic N) is 1. The van der Waals surface area contributed by atoms with Crippen molar-refractivity contribution >= 4 is 5.97 Å². The Morgan fingerprint density at radius 2 is 2.08 bits per heavy atom. The number of pyridine rings is 1. The Hall–Kier alpha value is -2.63. The summed E-state index contributed by atoms with van der Waals surface area (Å²) in [5.41, 5.74) is 1.27. The number of hydrogen-bond acceptors (Lipinski definition) is 4. The summed E-state index contributed by atoms with van der Waals surface area (Å²) in [7, 11) is 0. The van der Waals surface area contributed by atoms with Gasteiger partial charge in [-0.25, -0.2) is 9.37 Å². The molecule has 138 valence electrons. The Morgan fingerprint density at radius 1 is 1.23 bits per heavy atom. The van der Waals surface area contributed by atoms with E-state index in [1.165, 1.54) is 31.4 Å². The van der Waals surface area contributed by atoms with Crippen LogP contribution in [0.3, 0.4) is 0 Å². The van der Waals surface area contributed by atoms with Crippen molar-refractivity contribution in [3.63, 3.8) is 0 Å². The molecule has 0 aliphatic heterocycles. The molecule has 0 spiro atoms. The largest absolute Gasteiger partial charge is 0.491 e. The predicted molar refractivity (Wildman–Crippen MR) is 94.8 cm³/mol. The first-order valence-electron chi connectivity index (χ1n) is 8.86. The molecule has 1 fully saturated rings. The third kappa shape index (κ3) is 4.94. The van der Waals surface area contributed by atoms with Crippen molar-refractivity contribution in [2.45, 2.75) is 32.1 Å². The summed E-state index contributed by atoms with van der Waals surface area (Å²) >= 11 is 0. The Labute approximate surface area is 151 Å². The first-order valence-corrected chi connectivity index (χ1v) is 8.86. The van der Waals surface area contributed by atoms with Gasteiger partial charge in [0.05, 0.1) is 18.9 Å². The molecule has 0 atom stereocenters. The van der Waals surface area contributed by atoms with E-state index in [1.54, 1.807) is 18.2 Å². The van der Waals surface area contributed by atoms with E-state index in [9.17, 15) is 9.18 Å². The lowest BCUT2D eigenvalue weighted by Gasteiger charge is -2.24. The quantitative estimate of drug-likeness (QED) is 0.676. The van der Waals surface area contributed by atoms with E-state index < -0.39 is 11.8 Å². The highest BCUT2D eigenvalue weighted by Gasteiger charge is 2.18. The molecule has 5 nitrogen and oxygen atoms in total. The number of aromatic nitrogens is 1. The average Bonchev–Trinajstić information content (AvgIpc) is 2.58. The van der Waals surface area contributed by atoms with Gasteiger partial charge in [-0.15, -0.1) is 0 Å². The highest BCUT2D eigenvalue weighted by molar-refractivity contribution is 5.66. The normalized spacial score (nSPS) is 13.9. The third-order valence-corrected chi connectivity index (χ3v) is 4.44. The van der Waals surface area contributed by atoms with Crippen molar-refractivity contribution < 1.29 is 23.8 Å². The fourth-order valence-corrected chi connectivity index (χ4v) is 2.70. The molecule has 1 saturated carbocycles. The molecule has 0 amide bonds. The van der Waals surface area contributed by atoms with Gasteiger partial charge < -0.3 is 14.6 Å². The van der Waals surface area contributed by atoms with Crippen LogP contribution >= 0.6 is 0 Å². The smallest absolute Gasteiger partial charge is 0.303 e. The van der Waals surface area contributed by atoms with E-state index in [0.717, 1.165) is 0 Å². The molecule has 1 N–H and O–H groups in total. The fourth-order valence-electron chi connectivity index (χ4n) is 2.70. The maximum atomic E-state index is 14.2. The molecule has 26 heavy (non-hydrogen) atoms. The van der Waals surface area contributed by atoms with E-state index in [0.29, 0.717) is 36.1 Å². The number of carbonyl (C=O) groups is 1. The minimum absolute atomic E-state index is 0.00271. The molecule has 2 aromatic rings. The van der Waals surface area contributed by atoms with Crippen LogP contribution in [0.4, 0.5) is 4.39 Å². The van der Waals surface area contributed by atoms with Gasteiger partial charge in [-0.2, -0.15) is 0 Å². The van der Waals surface area contributed by atoms with Gasteiger partial charge in [-0.1, -0.05) is 12.5 Å². The number of ether oxygens (including phenoxy) is 2. The average molecular weight is 359 g/mol. The molecule has 0 saturated heterocycles. The molecule has 1 aromatic carbocycles. The van der Waals surface area contributed by atoms with Crippen LogP contribution in [-0.4, -0.2) is 29.3 Å².